The third-order valence-electron chi connectivity index (χ3n) is 4.73. The van der Waals surface area contributed by atoms with Gasteiger partial charge in [-0.1, -0.05) is 18.5 Å². The quantitative estimate of drug-likeness (QED) is 0.888. The van der Waals surface area contributed by atoms with Crippen LogP contribution in [0, 0.1) is 5.41 Å². The third-order valence-corrected chi connectivity index (χ3v) is 5.95. The van der Waals surface area contributed by atoms with Crippen LogP contribution in [0.5, 0.6) is 0 Å². The Labute approximate surface area is 127 Å². The molecular weight excluding hydrogens is 326 g/mol. The number of hydrogen-bond acceptors (Lipinski definition) is 3. The molecule has 1 saturated carbocycles. The van der Waals surface area contributed by atoms with E-state index in [4.69, 9.17) is 17.3 Å². The van der Waals surface area contributed by atoms with Crippen LogP contribution < -0.4 is 10.6 Å². The van der Waals surface area contributed by atoms with Gasteiger partial charge in [0.2, 0.25) is 0 Å². The number of benzene rings is 1. The summed E-state index contributed by atoms with van der Waals surface area (Å²) in [4.78, 5) is 6.65. The Kier molecular flexibility index (Phi) is 2.88. The third kappa shape index (κ3) is 1.88. The van der Waals surface area contributed by atoms with Crippen molar-refractivity contribution in [1.29, 1.82) is 0 Å². The topological polar surface area (TPSA) is 41.6 Å². The number of guanidine groups is 1. The maximum atomic E-state index is 6.13. The zero-order valence-corrected chi connectivity index (χ0v) is 13.4. The Bertz CT molecular complexity index is 568. The molecule has 2 aliphatic rings. The first-order valence-electron chi connectivity index (χ1n) is 6.43. The number of nitrogens with zero attached hydrogens (tertiary/aromatic N) is 2. The molecule has 0 amide bonds. The molecule has 0 spiro atoms. The molecule has 1 aliphatic carbocycles. The van der Waals surface area contributed by atoms with Gasteiger partial charge in [-0.15, -0.1) is 0 Å². The first-order chi connectivity index (χ1) is 8.87. The summed E-state index contributed by atoms with van der Waals surface area (Å²) in [6, 6.07) is 5.91. The van der Waals surface area contributed by atoms with Gasteiger partial charge >= 0.3 is 0 Å². The molecule has 1 unspecified atom stereocenters. The maximum absolute atomic E-state index is 6.13. The zero-order chi connectivity index (χ0) is 13.8. The number of anilines is 1. The molecule has 0 bridgehead atoms. The van der Waals surface area contributed by atoms with Crippen molar-refractivity contribution >= 4 is 39.2 Å². The van der Waals surface area contributed by atoms with Crippen LogP contribution in [-0.2, 0) is 0 Å². The van der Waals surface area contributed by atoms with Gasteiger partial charge in [0.1, 0.15) is 0 Å². The van der Waals surface area contributed by atoms with Gasteiger partial charge in [-0.25, -0.2) is 0 Å². The normalized spacial score (nSPS) is 28.4. The lowest BCUT2D eigenvalue weighted by molar-refractivity contribution is 0.318. The summed E-state index contributed by atoms with van der Waals surface area (Å²) in [6.07, 6.45) is 2.47. The molecule has 0 radical (unpaired) electrons. The molecule has 102 valence electrons. The van der Waals surface area contributed by atoms with Crippen molar-refractivity contribution in [2.24, 2.45) is 16.1 Å². The average Bonchev–Trinajstić information content (AvgIpc) is 3.04. The van der Waals surface area contributed by atoms with Crippen LogP contribution in [-0.4, -0.2) is 18.0 Å². The molecule has 3 nitrogen and oxygen atoms in total. The summed E-state index contributed by atoms with van der Waals surface area (Å²) in [7, 11) is 0. The standard InChI is InChI=1S/C14H17BrClN3/c1-13(5-6-13)14(2)8-18-12(17)19(14)9-3-4-11(16)10(15)7-9/h3-4,7H,5-6,8H2,1-2H3,(H2,17,18). The van der Waals surface area contributed by atoms with Crippen molar-refractivity contribution in [2.75, 3.05) is 11.4 Å². The van der Waals surface area contributed by atoms with E-state index < -0.39 is 0 Å². The molecule has 0 saturated heterocycles. The zero-order valence-electron chi connectivity index (χ0n) is 11.1. The summed E-state index contributed by atoms with van der Waals surface area (Å²) in [5.41, 5.74) is 7.43. The van der Waals surface area contributed by atoms with Crippen LogP contribution >= 0.6 is 27.5 Å². The van der Waals surface area contributed by atoms with E-state index in [-0.39, 0.29) is 5.54 Å². The van der Waals surface area contributed by atoms with Crippen LogP contribution in [0.25, 0.3) is 0 Å². The molecule has 3 rings (SSSR count). The molecule has 5 heteroatoms. The van der Waals surface area contributed by atoms with E-state index in [1.165, 1.54) is 12.8 Å². The lowest BCUT2D eigenvalue weighted by Gasteiger charge is -2.41. The summed E-state index contributed by atoms with van der Waals surface area (Å²) >= 11 is 9.55. The van der Waals surface area contributed by atoms with Crippen molar-refractivity contribution in [1.82, 2.24) is 0 Å². The van der Waals surface area contributed by atoms with Gasteiger partial charge in [0.05, 0.1) is 17.1 Å². The highest BCUT2D eigenvalue weighted by Crippen LogP contribution is 2.58. The minimum Gasteiger partial charge on any atom is -0.369 e. The van der Waals surface area contributed by atoms with Crippen LogP contribution in [0.2, 0.25) is 5.02 Å². The largest absolute Gasteiger partial charge is 0.369 e. The fraction of sp³-hybridized carbons (Fsp3) is 0.500. The number of aliphatic imine (C=N–C) groups is 1. The van der Waals surface area contributed by atoms with E-state index in [1.807, 2.05) is 18.2 Å². The van der Waals surface area contributed by atoms with Gasteiger partial charge in [-0.2, -0.15) is 0 Å². The predicted octanol–water partition coefficient (Wildman–Crippen LogP) is 3.80. The first kappa shape index (κ1) is 13.3. The molecule has 1 aromatic rings. The molecule has 1 heterocycles. The second-order valence-corrected chi connectivity index (χ2v) is 7.20. The van der Waals surface area contributed by atoms with Crippen molar-refractivity contribution in [2.45, 2.75) is 32.2 Å². The van der Waals surface area contributed by atoms with Crippen molar-refractivity contribution in [3.8, 4) is 0 Å². The maximum Gasteiger partial charge on any atom is 0.196 e. The van der Waals surface area contributed by atoms with Crippen molar-refractivity contribution in [3.63, 3.8) is 0 Å². The van der Waals surface area contributed by atoms with E-state index in [1.54, 1.807) is 0 Å². The predicted molar refractivity (Wildman–Crippen MR) is 83.9 cm³/mol. The van der Waals surface area contributed by atoms with Gasteiger partial charge < -0.3 is 10.6 Å². The average molecular weight is 343 g/mol. The van der Waals surface area contributed by atoms with Crippen LogP contribution in [0.1, 0.15) is 26.7 Å². The number of halogens is 2. The van der Waals surface area contributed by atoms with E-state index in [9.17, 15) is 0 Å². The monoisotopic (exact) mass is 341 g/mol. The highest BCUT2D eigenvalue weighted by Gasteiger charge is 2.58. The smallest absolute Gasteiger partial charge is 0.196 e. The van der Waals surface area contributed by atoms with E-state index in [0.717, 1.165) is 16.7 Å². The highest BCUT2D eigenvalue weighted by atomic mass is 79.9. The Morgan fingerprint density at radius 2 is 2.05 bits per heavy atom. The lowest BCUT2D eigenvalue weighted by atomic mass is 9.82. The second kappa shape index (κ2) is 4.13. The number of hydrogen-bond donors (Lipinski definition) is 1. The van der Waals surface area contributed by atoms with Gasteiger partial charge in [-0.3, -0.25) is 4.99 Å². The number of nitrogens with two attached hydrogens (primary N) is 1. The summed E-state index contributed by atoms with van der Waals surface area (Å²) in [5, 5.41) is 0.706. The molecule has 1 fully saturated rings. The number of rotatable bonds is 2. The molecule has 1 aromatic carbocycles. The van der Waals surface area contributed by atoms with E-state index in [0.29, 0.717) is 16.4 Å². The van der Waals surface area contributed by atoms with Crippen LogP contribution in [0.4, 0.5) is 5.69 Å². The van der Waals surface area contributed by atoms with Gasteiger partial charge in [0.15, 0.2) is 5.96 Å². The minimum atomic E-state index is -0.0373. The molecule has 1 atom stereocenters. The first-order valence-corrected chi connectivity index (χ1v) is 7.60. The van der Waals surface area contributed by atoms with Gasteiger partial charge in [0, 0.05) is 10.2 Å². The van der Waals surface area contributed by atoms with Crippen molar-refractivity contribution < 1.29 is 0 Å². The molecular formula is C14H17BrClN3. The fourth-order valence-electron chi connectivity index (χ4n) is 2.86. The summed E-state index contributed by atoms with van der Waals surface area (Å²) < 4.78 is 0.884. The second-order valence-electron chi connectivity index (χ2n) is 5.94. The van der Waals surface area contributed by atoms with Crippen LogP contribution in [0.15, 0.2) is 27.7 Å². The Balaban J connectivity index is 2.05. The SMILES string of the molecule is CC1(C2(C)CN=C(N)N2c2ccc(Cl)c(Br)c2)CC1. The Hall–Kier alpha value is -0.740. The Morgan fingerprint density at radius 3 is 2.63 bits per heavy atom. The van der Waals surface area contributed by atoms with Crippen molar-refractivity contribution in [3.05, 3.63) is 27.7 Å². The van der Waals surface area contributed by atoms with Crippen LogP contribution in [0.3, 0.4) is 0 Å². The molecule has 0 aromatic heterocycles. The minimum absolute atomic E-state index is 0.0373. The fourth-order valence-corrected chi connectivity index (χ4v) is 3.34. The summed E-state index contributed by atoms with van der Waals surface area (Å²) in [6.45, 7) is 5.33. The summed E-state index contributed by atoms with van der Waals surface area (Å²) in [5.74, 6) is 0.602. The Morgan fingerprint density at radius 1 is 1.37 bits per heavy atom. The lowest BCUT2D eigenvalue weighted by Crippen LogP contribution is -2.55. The van der Waals surface area contributed by atoms with Gasteiger partial charge in [0.25, 0.3) is 0 Å². The van der Waals surface area contributed by atoms with E-state index >= 15 is 0 Å². The van der Waals surface area contributed by atoms with Gasteiger partial charge in [-0.05, 0) is 59.3 Å². The molecule has 1 aliphatic heterocycles. The molecule has 2 N–H and O–H groups in total. The van der Waals surface area contributed by atoms with E-state index in [2.05, 4.69) is 39.7 Å². The highest BCUT2D eigenvalue weighted by molar-refractivity contribution is 9.10. The molecule has 19 heavy (non-hydrogen) atoms.